The Morgan fingerprint density at radius 3 is 2.62 bits per heavy atom. The summed E-state index contributed by atoms with van der Waals surface area (Å²) in [5, 5.41) is 0.800. The van der Waals surface area contributed by atoms with Crippen LogP contribution in [0.15, 0.2) is 30.7 Å². The number of aromatic amines is 1. The first-order chi connectivity index (χ1) is 10.0. The Morgan fingerprint density at radius 1 is 1.14 bits per heavy atom. The second-order valence-corrected chi connectivity index (χ2v) is 4.80. The molecule has 0 unspecified atom stereocenters. The molecule has 2 aromatic heterocycles. The maximum absolute atomic E-state index is 12.4. The van der Waals surface area contributed by atoms with E-state index in [0.29, 0.717) is 0 Å². The number of pyridine rings is 1. The lowest BCUT2D eigenvalue weighted by Gasteiger charge is -2.11. The van der Waals surface area contributed by atoms with Gasteiger partial charge in [-0.2, -0.15) is 8.78 Å². The van der Waals surface area contributed by atoms with Gasteiger partial charge in [-0.3, -0.25) is 0 Å². The first-order valence-electron chi connectivity index (χ1n) is 6.40. The normalized spacial score (nSPS) is 11.3. The Hall–Kier alpha value is -2.50. The van der Waals surface area contributed by atoms with Crippen molar-refractivity contribution in [1.29, 1.82) is 0 Å². The minimum atomic E-state index is -2.83. The van der Waals surface area contributed by atoms with Gasteiger partial charge in [0, 0.05) is 5.39 Å². The van der Waals surface area contributed by atoms with Gasteiger partial charge in [0.2, 0.25) is 0 Å². The number of H-pyrrole nitrogens is 1. The number of imidazole rings is 1. The lowest BCUT2D eigenvalue weighted by atomic mass is 10.0. The molecule has 0 fully saturated rings. The molecule has 4 nitrogen and oxygen atoms in total. The number of halogens is 2. The van der Waals surface area contributed by atoms with Gasteiger partial charge in [-0.15, -0.1) is 0 Å². The summed E-state index contributed by atoms with van der Waals surface area (Å²) < 4.78 is 29.2. The summed E-state index contributed by atoms with van der Waals surface area (Å²) in [5.41, 5.74) is 4.07. The molecule has 2 heterocycles. The van der Waals surface area contributed by atoms with Crippen LogP contribution in [-0.4, -0.2) is 21.6 Å². The number of aryl methyl sites for hydroxylation is 2. The number of hydrogen-bond donors (Lipinski definition) is 1. The van der Waals surface area contributed by atoms with Crippen LogP contribution in [0.3, 0.4) is 0 Å². The Labute approximate surface area is 119 Å². The number of fused-ring (bicyclic) bond motifs is 1. The van der Waals surface area contributed by atoms with Crippen molar-refractivity contribution in [3.63, 3.8) is 0 Å². The van der Waals surface area contributed by atoms with Crippen molar-refractivity contribution < 1.29 is 13.5 Å². The third-order valence-corrected chi connectivity index (χ3v) is 3.28. The van der Waals surface area contributed by atoms with Crippen LogP contribution in [-0.2, 0) is 0 Å². The molecule has 21 heavy (non-hydrogen) atoms. The smallest absolute Gasteiger partial charge is 0.387 e. The molecule has 1 aromatic carbocycles. The molecule has 0 spiro atoms. The van der Waals surface area contributed by atoms with E-state index in [9.17, 15) is 8.78 Å². The molecule has 3 aromatic rings. The molecule has 0 aliphatic carbocycles. The largest absolute Gasteiger partial charge is 0.435 e. The van der Waals surface area contributed by atoms with Gasteiger partial charge in [-0.05, 0) is 43.2 Å². The van der Waals surface area contributed by atoms with Crippen molar-refractivity contribution in [2.75, 3.05) is 0 Å². The molecule has 0 saturated carbocycles. The highest BCUT2D eigenvalue weighted by molar-refractivity contribution is 5.88. The third kappa shape index (κ3) is 2.56. The Bertz CT molecular complexity index is 785. The van der Waals surface area contributed by atoms with Crippen LogP contribution in [0.4, 0.5) is 8.78 Å². The van der Waals surface area contributed by atoms with Gasteiger partial charge in [-0.25, -0.2) is 9.97 Å². The molecule has 0 amide bonds. The lowest BCUT2D eigenvalue weighted by molar-refractivity contribution is -0.0497. The minimum absolute atomic E-state index is 0.147. The highest BCUT2D eigenvalue weighted by Crippen LogP contribution is 2.29. The summed E-state index contributed by atoms with van der Waals surface area (Å²) in [7, 11) is 0. The standard InChI is InChI=1S/C15H13F2N3O/c1-8-4-12(13-6-18-7-19-13)20-14-9(2)3-10(5-11(8)14)21-15(16)17/h3-7,15H,1-2H3,(H,18,19). The predicted octanol–water partition coefficient (Wildman–Crippen LogP) is 3.84. The summed E-state index contributed by atoms with van der Waals surface area (Å²) >= 11 is 0. The summed E-state index contributed by atoms with van der Waals surface area (Å²) in [6, 6.07) is 5.05. The van der Waals surface area contributed by atoms with Crippen molar-refractivity contribution in [2.24, 2.45) is 0 Å². The monoisotopic (exact) mass is 289 g/mol. The quantitative estimate of drug-likeness (QED) is 0.797. The van der Waals surface area contributed by atoms with Gasteiger partial charge >= 0.3 is 6.61 Å². The number of hydrogen-bond acceptors (Lipinski definition) is 3. The fourth-order valence-corrected chi connectivity index (χ4v) is 2.34. The average Bonchev–Trinajstić information content (AvgIpc) is 2.93. The highest BCUT2D eigenvalue weighted by atomic mass is 19.3. The van der Waals surface area contributed by atoms with E-state index in [4.69, 9.17) is 0 Å². The fourth-order valence-electron chi connectivity index (χ4n) is 2.34. The van der Waals surface area contributed by atoms with Crippen LogP contribution in [0.5, 0.6) is 5.75 Å². The van der Waals surface area contributed by atoms with E-state index in [-0.39, 0.29) is 5.75 Å². The molecule has 0 aliphatic rings. The minimum Gasteiger partial charge on any atom is -0.435 e. The second-order valence-electron chi connectivity index (χ2n) is 4.80. The zero-order valence-corrected chi connectivity index (χ0v) is 11.5. The number of nitrogens with zero attached hydrogens (tertiary/aromatic N) is 2. The predicted molar refractivity (Wildman–Crippen MR) is 75.4 cm³/mol. The molecule has 0 bridgehead atoms. The number of ether oxygens (including phenoxy) is 1. The van der Waals surface area contributed by atoms with E-state index in [0.717, 1.165) is 33.4 Å². The van der Waals surface area contributed by atoms with Crippen molar-refractivity contribution >= 4 is 10.9 Å². The van der Waals surface area contributed by atoms with E-state index < -0.39 is 6.61 Å². The number of alkyl halides is 2. The molecule has 108 valence electrons. The Kier molecular flexibility index (Phi) is 3.29. The van der Waals surface area contributed by atoms with Crippen molar-refractivity contribution in [3.8, 4) is 17.1 Å². The molecular formula is C15H13F2N3O. The summed E-state index contributed by atoms with van der Waals surface area (Å²) in [4.78, 5) is 11.6. The molecule has 0 saturated heterocycles. The Morgan fingerprint density at radius 2 is 1.95 bits per heavy atom. The van der Waals surface area contributed by atoms with E-state index in [1.165, 1.54) is 0 Å². The maximum atomic E-state index is 12.4. The lowest BCUT2D eigenvalue weighted by Crippen LogP contribution is -2.02. The van der Waals surface area contributed by atoms with Crippen LogP contribution in [0.2, 0.25) is 0 Å². The molecule has 6 heteroatoms. The van der Waals surface area contributed by atoms with Crippen LogP contribution < -0.4 is 4.74 Å². The fraction of sp³-hybridized carbons (Fsp3) is 0.200. The van der Waals surface area contributed by atoms with Crippen LogP contribution in [0.25, 0.3) is 22.3 Å². The van der Waals surface area contributed by atoms with E-state index in [1.807, 2.05) is 19.9 Å². The van der Waals surface area contributed by atoms with Crippen LogP contribution in [0.1, 0.15) is 11.1 Å². The van der Waals surface area contributed by atoms with E-state index in [1.54, 1.807) is 24.7 Å². The molecular weight excluding hydrogens is 276 g/mol. The molecule has 0 radical (unpaired) electrons. The topological polar surface area (TPSA) is 50.8 Å². The molecule has 0 atom stereocenters. The molecule has 1 N–H and O–H groups in total. The van der Waals surface area contributed by atoms with Gasteiger partial charge in [0.1, 0.15) is 5.75 Å². The number of nitrogens with one attached hydrogen (secondary N) is 1. The number of aromatic nitrogens is 3. The van der Waals surface area contributed by atoms with Gasteiger partial charge in [-0.1, -0.05) is 0 Å². The zero-order valence-electron chi connectivity index (χ0n) is 11.5. The van der Waals surface area contributed by atoms with Crippen molar-refractivity contribution in [3.05, 3.63) is 41.9 Å². The first-order valence-corrected chi connectivity index (χ1v) is 6.40. The molecule has 0 aliphatic heterocycles. The van der Waals surface area contributed by atoms with Crippen molar-refractivity contribution in [2.45, 2.75) is 20.5 Å². The SMILES string of the molecule is Cc1cc(-c2cnc[nH]2)nc2c(C)cc(OC(F)F)cc12. The summed E-state index contributed by atoms with van der Waals surface area (Å²) in [6.45, 7) is 0.902. The second kappa shape index (κ2) is 5.12. The maximum Gasteiger partial charge on any atom is 0.387 e. The zero-order chi connectivity index (χ0) is 15.0. The van der Waals surface area contributed by atoms with E-state index >= 15 is 0 Å². The number of rotatable bonds is 3. The highest BCUT2D eigenvalue weighted by Gasteiger charge is 2.12. The third-order valence-electron chi connectivity index (χ3n) is 3.28. The van der Waals surface area contributed by atoms with Crippen LogP contribution >= 0.6 is 0 Å². The average molecular weight is 289 g/mol. The van der Waals surface area contributed by atoms with Gasteiger partial charge in [0.15, 0.2) is 0 Å². The Balaban J connectivity index is 2.18. The summed E-state index contributed by atoms with van der Waals surface area (Å²) in [5.74, 6) is 0.147. The van der Waals surface area contributed by atoms with Gasteiger partial charge in [0.05, 0.1) is 29.4 Å². The molecule has 3 rings (SSSR count). The van der Waals surface area contributed by atoms with Crippen molar-refractivity contribution in [1.82, 2.24) is 15.0 Å². The van der Waals surface area contributed by atoms with Gasteiger partial charge < -0.3 is 9.72 Å². The van der Waals surface area contributed by atoms with Crippen LogP contribution in [0, 0.1) is 13.8 Å². The first kappa shape index (κ1) is 13.5. The van der Waals surface area contributed by atoms with Gasteiger partial charge in [0.25, 0.3) is 0 Å². The van der Waals surface area contributed by atoms with E-state index in [2.05, 4.69) is 19.7 Å². The summed E-state index contributed by atoms with van der Waals surface area (Å²) in [6.07, 6.45) is 3.28. The number of benzene rings is 1.